The van der Waals surface area contributed by atoms with Crippen molar-refractivity contribution in [2.24, 2.45) is 0 Å². The van der Waals surface area contributed by atoms with Crippen LogP contribution in [0.15, 0.2) is 0 Å². The lowest BCUT2D eigenvalue weighted by Crippen LogP contribution is -2.50. The summed E-state index contributed by atoms with van der Waals surface area (Å²) in [6, 6.07) is 0.0857. The van der Waals surface area contributed by atoms with Crippen molar-refractivity contribution < 1.29 is 13.2 Å². The van der Waals surface area contributed by atoms with Crippen LogP contribution < -0.4 is 5.32 Å². The molecule has 1 fully saturated rings. The van der Waals surface area contributed by atoms with Gasteiger partial charge in [0.1, 0.15) is 0 Å². The maximum absolute atomic E-state index is 12.5. The van der Waals surface area contributed by atoms with Crippen molar-refractivity contribution in [3.8, 4) is 0 Å². The van der Waals surface area contributed by atoms with Gasteiger partial charge in [0.25, 0.3) is 0 Å². The van der Waals surface area contributed by atoms with Gasteiger partial charge in [0.15, 0.2) is 0 Å². The highest BCUT2D eigenvalue weighted by Gasteiger charge is 2.35. The van der Waals surface area contributed by atoms with Crippen molar-refractivity contribution in [2.75, 3.05) is 19.6 Å². The van der Waals surface area contributed by atoms with Gasteiger partial charge in [0, 0.05) is 12.1 Å². The summed E-state index contributed by atoms with van der Waals surface area (Å²) >= 11 is 0. The summed E-state index contributed by atoms with van der Waals surface area (Å²) in [5.74, 6) is 0. The van der Waals surface area contributed by atoms with Gasteiger partial charge in [-0.25, -0.2) is 0 Å². The normalized spacial score (nSPS) is 21.4. The Kier molecular flexibility index (Phi) is 5.05. The molecule has 1 unspecified atom stereocenters. The van der Waals surface area contributed by atoms with Crippen molar-refractivity contribution >= 4 is 0 Å². The minimum atomic E-state index is -4.09. The smallest absolute Gasteiger partial charge is 0.317 e. The number of alkyl halides is 3. The zero-order chi connectivity index (χ0) is 12.2. The maximum Gasteiger partial charge on any atom is 0.401 e. The zero-order valence-corrected chi connectivity index (χ0v) is 9.98. The number of nitrogens with one attached hydrogen (secondary N) is 1. The Morgan fingerprint density at radius 3 is 2.31 bits per heavy atom. The average molecular weight is 238 g/mol. The van der Waals surface area contributed by atoms with Crippen LogP contribution in [-0.4, -0.2) is 42.8 Å². The molecule has 0 radical (unpaired) electrons. The van der Waals surface area contributed by atoms with E-state index >= 15 is 0 Å². The third kappa shape index (κ3) is 4.29. The lowest BCUT2D eigenvalue weighted by Gasteiger charge is -2.38. The molecule has 0 aromatic carbocycles. The van der Waals surface area contributed by atoms with Gasteiger partial charge in [0.2, 0.25) is 0 Å². The number of rotatable bonds is 4. The van der Waals surface area contributed by atoms with E-state index in [1.54, 1.807) is 4.90 Å². The third-order valence-electron chi connectivity index (χ3n) is 3.30. The summed E-state index contributed by atoms with van der Waals surface area (Å²) < 4.78 is 37.5. The molecule has 0 bridgehead atoms. The van der Waals surface area contributed by atoms with E-state index in [1.807, 2.05) is 13.8 Å². The van der Waals surface area contributed by atoms with Gasteiger partial charge >= 0.3 is 6.18 Å². The highest BCUT2D eigenvalue weighted by Crippen LogP contribution is 2.24. The minimum Gasteiger partial charge on any atom is -0.317 e. The van der Waals surface area contributed by atoms with Crippen molar-refractivity contribution in [1.82, 2.24) is 10.2 Å². The van der Waals surface area contributed by atoms with Crippen LogP contribution in [-0.2, 0) is 0 Å². The van der Waals surface area contributed by atoms with E-state index in [4.69, 9.17) is 0 Å². The summed E-state index contributed by atoms with van der Waals surface area (Å²) in [5.41, 5.74) is 0. The van der Waals surface area contributed by atoms with E-state index in [-0.39, 0.29) is 12.1 Å². The van der Waals surface area contributed by atoms with Crippen LogP contribution in [0.25, 0.3) is 0 Å². The molecule has 1 N–H and O–H groups in total. The van der Waals surface area contributed by atoms with E-state index in [0.29, 0.717) is 0 Å². The number of hydrogen-bond donors (Lipinski definition) is 1. The largest absolute Gasteiger partial charge is 0.401 e. The standard InChI is InChI=1S/C11H21F3N2/c1-3-9(2)16(8-11(12,13)14)10-4-6-15-7-5-10/h9-10,15H,3-8H2,1-2H3. The molecule has 96 valence electrons. The van der Waals surface area contributed by atoms with E-state index < -0.39 is 12.7 Å². The van der Waals surface area contributed by atoms with Gasteiger partial charge in [-0.2, -0.15) is 13.2 Å². The number of hydrogen-bond acceptors (Lipinski definition) is 2. The Morgan fingerprint density at radius 1 is 1.31 bits per heavy atom. The average Bonchev–Trinajstić information content (AvgIpc) is 2.25. The Hall–Kier alpha value is -0.290. The first-order valence-corrected chi connectivity index (χ1v) is 5.97. The van der Waals surface area contributed by atoms with Crippen molar-refractivity contribution in [1.29, 1.82) is 0 Å². The number of nitrogens with zero attached hydrogens (tertiary/aromatic N) is 1. The quantitative estimate of drug-likeness (QED) is 0.809. The van der Waals surface area contributed by atoms with Gasteiger partial charge in [0.05, 0.1) is 6.54 Å². The van der Waals surface area contributed by atoms with Gasteiger partial charge in [-0.3, -0.25) is 4.90 Å². The minimum absolute atomic E-state index is 0.00437. The fourth-order valence-corrected chi connectivity index (χ4v) is 2.22. The Bertz CT molecular complexity index is 200. The Balaban J connectivity index is 2.61. The lowest BCUT2D eigenvalue weighted by atomic mass is 10.0. The molecule has 1 aliphatic heterocycles. The predicted octanol–water partition coefficient (Wildman–Crippen LogP) is 2.40. The summed E-state index contributed by atoms with van der Waals surface area (Å²) in [5, 5.41) is 3.18. The van der Waals surface area contributed by atoms with Crippen LogP contribution >= 0.6 is 0 Å². The monoisotopic (exact) mass is 238 g/mol. The molecule has 5 heteroatoms. The van der Waals surface area contributed by atoms with E-state index in [1.165, 1.54) is 0 Å². The van der Waals surface area contributed by atoms with Crippen molar-refractivity contribution in [3.05, 3.63) is 0 Å². The molecule has 16 heavy (non-hydrogen) atoms. The molecule has 1 saturated heterocycles. The molecule has 2 nitrogen and oxygen atoms in total. The maximum atomic E-state index is 12.5. The van der Waals surface area contributed by atoms with E-state index in [0.717, 1.165) is 32.4 Å². The summed E-state index contributed by atoms with van der Waals surface area (Å²) in [7, 11) is 0. The van der Waals surface area contributed by atoms with Crippen LogP contribution in [0.1, 0.15) is 33.1 Å². The predicted molar refractivity (Wildman–Crippen MR) is 58.4 cm³/mol. The molecule has 0 aromatic rings. The first-order chi connectivity index (χ1) is 7.44. The molecular weight excluding hydrogens is 217 g/mol. The lowest BCUT2D eigenvalue weighted by molar-refractivity contribution is -0.157. The van der Waals surface area contributed by atoms with Crippen LogP contribution in [0.3, 0.4) is 0 Å². The summed E-state index contributed by atoms with van der Waals surface area (Å²) in [6.07, 6.45) is -1.69. The van der Waals surface area contributed by atoms with Gasteiger partial charge < -0.3 is 5.32 Å². The summed E-state index contributed by atoms with van der Waals surface area (Å²) in [6.45, 7) is 4.71. The van der Waals surface area contributed by atoms with E-state index in [2.05, 4.69) is 5.32 Å². The van der Waals surface area contributed by atoms with Gasteiger partial charge in [-0.1, -0.05) is 6.92 Å². The zero-order valence-electron chi connectivity index (χ0n) is 9.98. The highest BCUT2D eigenvalue weighted by atomic mass is 19.4. The molecule has 1 rings (SSSR count). The Labute approximate surface area is 95.2 Å². The highest BCUT2D eigenvalue weighted by molar-refractivity contribution is 4.82. The molecular formula is C11H21F3N2. The molecule has 0 saturated carbocycles. The SMILES string of the molecule is CCC(C)N(CC(F)(F)F)C1CCNCC1. The summed E-state index contributed by atoms with van der Waals surface area (Å²) in [4.78, 5) is 1.63. The second-order valence-corrected chi connectivity index (χ2v) is 4.53. The molecule has 1 aliphatic rings. The topological polar surface area (TPSA) is 15.3 Å². The van der Waals surface area contributed by atoms with Crippen LogP contribution in [0, 0.1) is 0 Å². The van der Waals surface area contributed by atoms with E-state index in [9.17, 15) is 13.2 Å². The first kappa shape index (κ1) is 13.8. The van der Waals surface area contributed by atoms with Crippen LogP contribution in [0.2, 0.25) is 0 Å². The van der Waals surface area contributed by atoms with Crippen molar-refractivity contribution in [3.63, 3.8) is 0 Å². The molecule has 0 aliphatic carbocycles. The van der Waals surface area contributed by atoms with Gasteiger partial charge in [-0.05, 0) is 39.3 Å². The Morgan fingerprint density at radius 2 is 1.88 bits per heavy atom. The molecule has 1 heterocycles. The second-order valence-electron chi connectivity index (χ2n) is 4.53. The van der Waals surface area contributed by atoms with Crippen LogP contribution in [0.5, 0.6) is 0 Å². The number of piperidine rings is 1. The van der Waals surface area contributed by atoms with Crippen LogP contribution in [0.4, 0.5) is 13.2 Å². The number of halogens is 3. The molecule has 0 spiro atoms. The van der Waals surface area contributed by atoms with Gasteiger partial charge in [-0.15, -0.1) is 0 Å². The fourth-order valence-electron chi connectivity index (χ4n) is 2.22. The molecule has 0 amide bonds. The van der Waals surface area contributed by atoms with Crippen molar-refractivity contribution in [2.45, 2.75) is 51.4 Å². The second kappa shape index (κ2) is 5.87. The molecule has 1 atom stereocenters. The molecule has 0 aromatic heterocycles. The first-order valence-electron chi connectivity index (χ1n) is 5.97. The third-order valence-corrected chi connectivity index (χ3v) is 3.30. The fraction of sp³-hybridized carbons (Fsp3) is 1.00.